The maximum absolute atomic E-state index is 12.4. The van der Waals surface area contributed by atoms with Gasteiger partial charge in [0.1, 0.15) is 0 Å². The van der Waals surface area contributed by atoms with Crippen molar-refractivity contribution < 1.29 is 4.21 Å². The zero-order valence-electron chi connectivity index (χ0n) is 15.1. The fraction of sp³-hybridized carbons (Fsp3) is 0.250. The number of aryl methyl sites for hydroxylation is 1. The molecule has 1 unspecified atom stereocenters. The first kappa shape index (κ1) is 18.2. The standard InChI is InChI=1S/C20H23N3O2S/c1-4-12-22-15-18(8-11-20(22)24)23-14-17(13-21-23)16-6-9-19(10-7-16)26(3,25)5-2/h6-11,13-15H,3-5,12H2,1-2H3. The molecule has 0 aliphatic heterocycles. The maximum Gasteiger partial charge on any atom is 0.250 e. The van der Waals surface area contributed by atoms with Gasteiger partial charge in [0.2, 0.25) is 0 Å². The van der Waals surface area contributed by atoms with E-state index in [1.54, 1.807) is 27.6 Å². The first-order valence-electron chi connectivity index (χ1n) is 8.65. The Morgan fingerprint density at radius 3 is 2.42 bits per heavy atom. The van der Waals surface area contributed by atoms with E-state index >= 15 is 0 Å². The highest BCUT2D eigenvalue weighted by Gasteiger charge is 2.08. The summed E-state index contributed by atoms with van der Waals surface area (Å²) in [6.45, 7) is 4.60. The largest absolute Gasteiger partial charge is 0.313 e. The van der Waals surface area contributed by atoms with Crippen LogP contribution in [0.25, 0.3) is 16.8 Å². The topological polar surface area (TPSA) is 56.9 Å². The Hall–Kier alpha value is -2.60. The van der Waals surface area contributed by atoms with E-state index in [1.165, 1.54) is 0 Å². The number of benzene rings is 1. The monoisotopic (exact) mass is 369 g/mol. The summed E-state index contributed by atoms with van der Waals surface area (Å²) in [6.07, 6.45) is 6.43. The molecular formula is C20H23N3O2S. The van der Waals surface area contributed by atoms with Gasteiger partial charge in [0.15, 0.2) is 0 Å². The van der Waals surface area contributed by atoms with Crippen LogP contribution in [-0.2, 0) is 16.1 Å². The summed E-state index contributed by atoms with van der Waals surface area (Å²) in [5.41, 5.74) is 2.78. The van der Waals surface area contributed by atoms with Crippen molar-refractivity contribution in [2.75, 3.05) is 5.75 Å². The lowest BCUT2D eigenvalue weighted by atomic mass is 10.1. The zero-order chi connectivity index (χ0) is 18.7. The van der Waals surface area contributed by atoms with E-state index < -0.39 is 9.52 Å². The van der Waals surface area contributed by atoms with Crippen LogP contribution >= 0.6 is 0 Å². The van der Waals surface area contributed by atoms with Gasteiger partial charge < -0.3 is 4.57 Å². The first-order valence-corrected chi connectivity index (χ1v) is 10.5. The van der Waals surface area contributed by atoms with E-state index in [2.05, 4.69) is 11.0 Å². The van der Waals surface area contributed by atoms with E-state index in [1.807, 2.05) is 50.5 Å². The van der Waals surface area contributed by atoms with Crippen molar-refractivity contribution in [3.8, 4) is 16.8 Å². The number of aromatic nitrogens is 3. The molecule has 0 N–H and O–H groups in total. The SMILES string of the molecule is C=S(=O)(CC)c1ccc(-c2cnn(-c3ccc(=O)n(CCC)c3)c2)cc1. The van der Waals surface area contributed by atoms with Crippen LogP contribution in [0.15, 0.2) is 64.7 Å². The van der Waals surface area contributed by atoms with E-state index in [0.29, 0.717) is 12.3 Å². The van der Waals surface area contributed by atoms with Gasteiger partial charge in [-0.3, -0.25) is 9.00 Å². The van der Waals surface area contributed by atoms with E-state index in [-0.39, 0.29) is 5.56 Å². The molecule has 0 bridgehead atoms. The highest BCUT2D eigenvalue weighted by molar-refractivity contribution is 8.00. The van der Waals surface area contributed by atoms with Crippen LogP contribution in [0.2, 0.25) is 0 Å². The van der Waals surface area contributed by atoms with Crippen LogP contribution in [0, 0.1) is 0 Å². The van der Waals surface area contributed by atoms with E-state index in [0.717, 1.165) is 28.1 Å². The van der Waals surface area contributed by atoms with Crippen molar-refractivity contribution >= 4 is 15.4 Å². The first-order chi connectivity index (χ1) is 12.4. The molecule has 0 aliphatic rings. The minimum absolute atomic E-state index is 0.00809. The molecule has 0 saturated carbocycles. The molecule has 2 aromatic heterocycles. The van der Waals surface area contributed by atoms with Gasteiger partial charge >= 0.3 is 0 Å². The molecule has 1 aromatic carbocycles. The quantitative estimate of drug-likeness (QED) is 0.627. The van der Waals surface area contributed by atoms with Gasteiger partial charge in [-0.2, -0.15) is 5.10 Å². The Morgan fingerprint density at radius 2 is 1.77 bits per heavy atom. The average molecular weight is 369 g/mol. The van der Waals surface area contributed by atoms with Gasteiger partial charge in [0.25, 0.3) is 5.56 Å². The predicted molar refractivity (Wildman–Crippen MR) is 108 cm³/mol. The molecular weight excluding hydrogens is 346 g/mol. The van der Waals surface area contributed by atoms with Gasteiger partial charge in [-0.1, -0.05) is 26.0 Å². The Kier molecular flexibility index (Phi) is 5.13. The summed E-state index contributed by atoms with van der Waals surface area (Å²) in [6, 6.07) is 11.0. The lowest BCUT2D eigenvalue weighted by molar-refractivity contribution is 0.648. The van der Waals surface area contributed by atoms with Crippen LogP contribution in [0.1, 0.15) is 20.3 Å². The second kappa shape index (κ2) is 7.33. The minimum Gasteiger partial charge on any atom is -0.313 e. The molecule has 5 nitrogen and oxygen atoms in total. The fourth-order valence-electron chi connectivity index (χ4n) is 2.75. The molecule has 0 spiro atoms. The van der Waals surface area contributed by atoms with Crippen molar-refractivity contribution in [1.82, 2.24) is 14.3 Å². The molecule has 6 heteroatoms. The molecule has 3 rings (SSSR count). The van der Waals surface area contributed by atoms with Gasteiger partial charge in [-0.05, 0) is 45.6 Å². The lowest BCUT2D eigenvalue weighted by Crippen LogP contribution is -2.19. The second-order valence-electron chi connectivity index (χ2n) is 6.22. The highest BCUT2D eigenvalue weighted by atomic mass is 32.2. The van der Waals surface area contributed by atoms with Crippen LogP contribution in [-0.4, -0.2) is 30.2 Å². The molecule has 0 aliphatic carbocycles. The van der Waals surface area contributed by atoms with E-state index in [9.17, 15) is 9.00 Å². The Morgan fingerprint density at radius 1 is 1.04 bits per heavy atom. The molecule has 3 aromatic rings. The summed E-state index contributed by atoms with van der Waals surface area (Å²) in [4.78, 5) is 12.6. The average Bonchev–Trinajstić information content (AvgIpc) is 3.14. The number of pyridine rings is 1. The van der Waals surface area contributed by atoms with Crippen LogP contribution < -0.4 is 5.56 Å². The Balaban J connectivity index is 1.91. The zero-order valence-corrected chi connectivity index (χ0v) is 15.9. The summed E-state index contributed by atoms with van der Waals surface area (Å²) in [7, 11) is -2.20. The molecule has 26 heavy (non-hydrogen) atoms. The van der Waals surface area contributed by atoms with Gasteiger partial charge in [0.05, 0.1) is 11.9 Å². The molecule has 2 heterocycles. The number of hydrogen-bond donors (Lipinski definition) is 0. The van der Waals surface area contributed by atoms with Gasteiger partial charge in [-0.15, -0.1) is 0 Å². The molecule has 0 amide bonds. The Bertz CT molecular complexity index is 1060. The van der Waals surface area contributed by atoms with Gasteiger partial charge in [-0.25, -0.2) is 4.68 Å². The number of hydrogen-bond acceptors (Lipinski definition) is 3. The summed E-state index contributed by atoms with van der Waals surface area (Å²) in [5.74, 6) is 4.34. The maximum atomic E-state index is 12.4. The van der Waals surface area contributed by atoms with Crippen molar-refractivity contribution in [2.45, 2.75) is 31.7 Å². The molecule has 0 radical (unpaired) electrons. The van der Waals surface area contributed by atoms with Crippen molar-refractivity contribution in [2.24, 2.45) is 0 Å². The number of nitrogens with zero attached hydrogens (tertiary/aromatic N) is 3. The van der Waals surface area contributed by atoms with Crippen LogP contribution in [0.3, 0.4) is 0 Å². The minimum atomic E-state index is -2.20. The van der Waals surface area contributed by atoms with Crippen molar-refractivity contribution in [3.63, 3.8) is 0 Å². The van der Waals surface area contributed by atoms with Gasteiger partial charge in [0, 0.05) is 41.2 Å². The van der Waals surface area contributed by atoms with Crippen molar-refractivity contribution in [3.05, 3.63) is 65.3 Å². The Labute approximate surface area is 153 Å². The van der Waals surface area contributed by atoms with Crippen molar-refractivity contribution in [1.29, 1.82) is 0 Å². The van der Waals surface area contributed by atoms with Crippen LogP contribution in [0.5, 0.6) is 0 Å². The number of rotatable bonds is 6. The lowest BCUT2D eigenvalue weighted by Gasteiger charge is -2.07. The summed E-state index contributed by atoms with van der Waals surface area (Å²) < 4.78 is 15.8. The smallest absolute Gasteiger partial charge is 0.250 e. The molecule has 0 saturated heterocycles. The summed E-state index contributed by atoms with van der Waals surface area (Å²) in [5, 5.41) is 4.41. The van der Waals surface area contributed by atoms with E-state index in [4.69, 9.17) is 0 Å². The third-order valence-electron chi connectivity index (χ3n) is 4.36. The molecule has 0 fully saturated rings. The predicted octanol–water partition coefficient (Wildman–Crippen LogP) is 3.21. The molecule has 1 atom stereocenters. The second-order valence-corrected chi connectivity index (χ2v) is 8.89. The highest BCUT2D eigenvalue weighted by Crippen LogP contribution is 2.22. The molecule has 136 valence electrons. The third-order valence-corrected chi connectivity index (χ3v) is 6.43. The summed E-state index contributed by atoms with van der Waals surface area (Å²) >= 11 is 0. The van der Waals surface area contributed by atoms with Crippen LogP contribution in [0.4, 0.5) is 0 Å². The normalized spacial score (nSPS) is 13.5. The fourth-order valence-corrected chi connectivity index (χ4v) is 3.71. The third kappa shape index (κ3) is 3.65.